The Labute approximate surface area is 153 Å². The molecule has 1 aliphatic rings. The highest BCUT2D eigenvalue weighted by Gasteiger charge is 2.30. The van der Waals surface area contributed by atoms with Gasteiger partial charge in [-0.15, -0.1) is 0 Å². The van der Waals surface area contributed by atoms with Gasteiger partial charge in [-0.05, 0) is 39.0 Å². The van der Waals surface area contributed by atoms with Crippen LogP contribution < -0.4 is 4.74 Å². The van der Waals surface area contributed by atoms with Crippen LogP contribution in [0.2, 0.25) is 0 Å². The van der Waals surface area contributed by atoms with Gasteiger partial charge < -0.3 is 18.9 Å². The van der Waals surface area contributed by atoms with Gasteiger partial charge in [0.25, 0.3) is 5.91 Å². The molecule has 0 aliphatic carbocycles. The lowest BCUT2D eigenvalue weighted by Gasteiger charge is -2.35. The number of rotatable bonds is 4. The summed E-state index contributed by atoms with van der Waals surface area (Å²) >= 11 is 0. The lowest BCUT2D eigenvalue weighted by Crippen LogP contribution is -2.48. The highest BCUT2D eigenvalue weighted by Crippen LogP contribution is 2.27. The third-order valence-corrected chi connectivity index (χ3v) is 4.34. The average Bonchev–Trinajstić information content (AvgIpc) is 3.05. The largest absolute Gasteiger partial charge is 0.492 e. The summed E-state index contributed by atoms with van der Waals surface area (Å²) < 4.78 is 13.2. The standard InChI is InChI=1S/C20H23N3O3/c1-4-25-18-8-6-5-7-17(18)23-10-9-16(11-21)19(23)20(24)22-12-14(2)26-15(3)13-22/h5-10,14-15H,4,12-13H2,1-3H3/t14-,15+. The maximum atomic E-state index is 13.3. The fourth-order valence-corrected chi connectivity index (χ4v) is 3.37. The highest BCUT2D eigenvalue weighted by molar-refractivity contribution is 5.96. The van der Waals surface area contributed by atoms with Gasteiger partial charge in [-0.25, -0.2) is 0 Å². The smallest absolute Gasteiger partial charge is 0.272 e. The fourth-order valence-electron chi connectivity index (χ4n) is 3.37. The van der Waals surface area contributed by atoms with Crippen LogP contribution >= 0.6 is 0 Å². The van der Waals surface area contributed by atoms with Gasteiger partial charge in [0.15, 0.2) is 0 Å². The number of carbonyl (C=O) groups excluding carboxylic acids is 1. The first kappa shape index (κ1) is 18.0. The van der Waals surface area contributed by atoms with E-state index in [1.54, 1.807) is 21.7 Å². The van der Waals surface area contributed by atoms with E-state index in [-0.39, 0.29) is 18.1 Å². The minimum atomic E-state index is -0.167. The van der Waals surface area contributed by atoms with Crippen LogP contribution in [0.5, 0.6) is 5.75 Å². The molecule has 3 rings (SSSR count). The molecule has 1 fully saturated rings. The molecule has 26 heavy (non-hydrogen) atoms. The molecular formula is C20H23N3O3. The molecule has 1 aromatic carbocycles. The van der Waals surface area contributed by atoms with Gasteiger partial charge >= 0.3 is 0 Å². The Morgan fingerprint density at radius 3 is 2.62 bits per heavy atom. The molecule has 2 heterocycles. The molecule has 6 heteroatoms. The number of hydrogen-bond acceptors (Lipinski definition) is 4. The Hall–Kier alpha value is -2.78. The first-order chi connectivity index (χ1) is 12.5. The summed E-state index contributed by atoms with van der Waals surface area (Å²) in [5.74, 6) is 0.507. The number of carbonyl (C=O) groups is 1. The Bertz CT molecular complexity index is 827. The number of nitriles is 1. The van der Waals surface area contributed by atoms with Crippen LogP contribution in [0, 0.1) is 11.3 Å². The minimum absolute atomic E-state index is 0.0349. The van der Waals surface area contributed by atoms with Gasteiger partial charge in [0.05, 0.1) is 30.1 Å². The van der Waals surface area contributed by atoms with Gasteiger partial charge in [-0.2, -0.15) is 5.26 Å². The highest BCUT2D eigenvalue weighted by atomic mass is 16.5. The van der Waals surface area contributed by atoms with E-state index < -0.39 is 0 Å². The summed E-state index contributed by atoms with van der Waals surface area (Å²) in [6.45, 7) is 7.34. The molecule has 136 valence electrons. The number of benzene rings is 1. The predicted octanol–water partition coefficient (Wildman–Crippen LogP) is 3.00. The molecule has 2 atom stereocenters. The second kappa shape index (κ2) is 7.63. The monoisotopic (exact) mass is 353 g/mol. The third-order valence-electron chi connectivity index (χ3n) is 4.34. The van der Waals surface area contributed by atoms with Gasteiger partial charge in [-0.1, -0.05) is 12.1 Å². The first-order valence-corrected chi connectivity index (χ1v) is 8.83. The van der Waals surface area contributed by atoms with E-state index in [0.29, 0.717) is 36.7 Å². The molecule has 1 amide bonds. The summed E-state index contributed by atoms with van der Waals surface area (Å²) in [6.07, 6.45) is 1.68. The Balaban J connectivity index is 2.04. The van der Waals surface area contributed by atoms with Gasteiger partial charge in [0.1, 0.15) is 17.5 Å². The summed E-state index contributed by atoms with van der Waals surface area (Å²) in [5.41, 5.74) is 1.46. The van der Waals surface area contributed by atoms with E-state index in [4.69, 9.17) is 9.47 Å². The zero-order valence-electron chi connectivity index (χ0n) is 15.3. The third kappa shape index (κ3) is 3.44. The number of aromatic nitrogens is 1. The molecule has 0 bridgehead atoms. The van der Waals surface area contributed by atoms with Crippen LogP contribution in [0.15, 0.2) is 36.5 Å². The topological polar surface area (TPSA) is 67.5 Å². The second-order valence-electron chi connectivity index (χ2n) is 6.43. The summed E-state index contributed by atoms with van der Waals surface area (Å²) in [4.78, 5) is 15.0. The Morgan fingerprint density at radius 2 is 1.96 bits per heavy atom. The van der Waals surface area contributed by atoms with Crippen LogP contribution in [0.3, 0.4) is 0 Å². The normalized spacial score (nSPS) is 19.8. The van der Waals surface area contributed by atoms with Crippen molar-refractivity contribution >= 4 is 5.91 Å². The second-order valence-corrected chi connectivity index (χ2v) is 6.43. The van der Waals surface area contributed by atoms with E-state index >= 15 is 0 Å². The quantitative estimate of drug-likeness (QED) is 0.847. The van der Waals surface area contributed by atoms with E-state index in [1.165, 1.54) is 0 Å². The number of amides is 1. The zero-order valence-corrected chi connectivity index (χ0v) is 15.3. The van der Waals surface area contributed by atoms with Crippen molar-refractivity contribution in [1.82, 2.24) is 9.47 Å². The van der Waals surface area contributed by atoms with Crippen molar-refractivity contribution in [3.63, 3.8) is 0 Å². The molecule has 0 spiro atoms. The Morgan fingerprint density at radius 1 is 1.27 bits per heavy atom. The minimum Gasteiger partial charge on any atom is -0.492 e. The number of morpholine rings is 1. The number of hydrogen-bond donors (Lipinski definition) is 0. The molecule has 1 saturated heterocycles. The van der Waals surface area contributed by atoms with E-state index in [0.717, 1.165) is 5.69 Å². The molecule has 6 nitrogen and oxygen atoms in total. The summed E-state index contributed by atoms with van der Waals surface area (Å²) in [7, 11) is 0. The molecule has 0 unspecified atom stereocenters. The maximum Gasteiger partial charge on any atom is 0.272 e. The van der Waals surface area contributed by atoms with Crippen molar-refractivity contribution < 1.29 is 14.3 Å². The van der Waals surface area contributed by atoms with Crippen LogP contribution in [-0.2, 0) is 4.74 Å². The van der Waals surface area contributed by atoms with Crippen molar-refractivity contribution in [2.45, 2.75) is 33.0 Å². The van der Waals surface area contributed by atoms with Crippen LogP contribution in [0.25, 0.3) is 5.69 Å². The molecule has 0 radical (unpaired) electrons. The average molecular weight is 353 g/mol. The maximum absolute atomic E-state index is 13.3. The van der Waals surface area contributed by atoms with Crippen LogP contribution in [-0.4, -0.2) is 47.3 Å². The number of para-hydroxylation sites is 2. The molecule has 2 aromatic rings. The SMILES string of the molecule is CCOc1ccccc1-n1ccc(C#N)c1C(=O)N1C[C@@H](C)O[C@@H](C)C1. The molecular weight excluding hydrogens is 330 g/mol. The molecule has 0 N–H and O–H groups in total. The van der Waals surface area contributed by atoms with E-state index in [1.807, 2.05) is 45.0 Å². The van der Waals surface area contributed by atoms with Crippen LogP contribution in [0.4, 0.5) is 0 Å². The Kier molecular flexibility index (Phi) is 5.29. The van der Waals surface area contributed by atoms with Gasteiger partial charge in [-0.3, -0.25) is 4.79 Å². The lowest BCUT2D eigenvalue weighted by molar-refractivity contribution is -0.0588. The number of ether oxygens (including phenoxy) is 2. The van der Waals surface area contributed by atoms with Crippen molar-refractivity contribution in [3.05, 3.63) is 47.8 Å². The van der Waals surface area contributed by atoms with E-state index in [9.17, 15) is 10.1 Å². The fraction of sp³-hybridized carbons (Fsp3) is 0.400. The molecule has 1 aromatic heterocycles. The van der Waals surface area contributed by atoms with Gasteiger partial charge in [0.2, 0.25) is 0 Å². The molecule has 0 saturated carbocycles. The van der Waals surface area contributed by atoms with E-state index in [2.05, 4.69) is 6.07 Å². The first-order valence-electron chi connectivity index (χ1n) is 8.83. The summed E-state index contributed by atoms with van der Waals surface area (Å²) in [6, 6.07) is 11.3. The zero-order chi connectivity index (χ0) is 18.7. The summed E-state index contributed by atoms with van der Waals surface area (Å²) in [5, 5.41) is 9.51. The van der Waals surface area contributed by atoms with Crippen molar-refractivity contribution in [2.75, 3.05) is 19.7 Å². The predicted molar refractivity (Wildman–Crippen MR) is 97.6 cm³/mol. The van der Waals surface area contributed by atoms with Gasteiger partial charge in [0, 0.05) is 19.3 Å². The molecule has 1 aliphatic heterocycles. The van der Waals surface area contributed by atoms with Crippen molar-refractivity contribution in [3.8, 4) is 17.5 Å². The van der Waals surface area contributed by atoms with Crippen molar-refractivity contribution in [2.24, 2.45) is 0 Å². The number of nitrogens with zero attached hydrogens (tertiary/aromatic N) is 3. The van der Waals surface area contributed by atoms with Crippen molar-refractivity contribution in [1.29, 1.82) is 5.26 Å². The van der Waals surface area contributed by atoms with Crippen LogP contribution in [0.1, 0.15) is 36.8 Å². The lowest BCUT2D eigenvalue weighted by atomic mass is 10.1.